The summed E-state index contributed by atoms with van der Waals surface area (Å²) in [6.45, 7) is 0. The second-order valence-corrected chi connectivity index (χ2v) is 9.56. The van der Waals surface area contributed by atoms with Crippen LogP contribution in [-0.4, -0.2) is 7.05 Å². The Kier molecular flexibility index (Phi) is 5.04. The molecule has 0 amide bonds. The molecule has 0 aliphatic heterocycles. The molecule has 0 saturated carbocycles. The molecule has 0 saturated heterocycles. The van der Waals surface area contributed by atoms with Gasteiger partial charge in [0.1, 0.15) is 0 Å². The second kappa shape index (κ2) is 8.69. The van der Waals surface area contributed by atoms with Gasteiger partial charge in [0, 0.05) is 35.5 Å². The molecule has 0 aromatic heterocycles. The molecule has 2 heteroatoms. The third-order valence-corrected chi connectivity index (χ3v) is 7.36. The minimum Gasteiger partial charge on any atom is -0.345 e. The molecule has 0 unspecified atom stereocenters. The van der Waals surface area contributed by atoms with Crippen LogP contribution in [0.25, 0.3) is 32.3 Å². The summed E-state index contributed by atoms with van der Waals surface area (Å²) in [4.78, 5) is 4.56. The van der Waals surface area contributed by atoms with E-state index in [0.717, 1.165) is 22.7 Å². The Morgan fingerprint density at radius 3 is 1.38 bits per heavy atom. The summed E-state index contributed by atoms with van der Waals surface area (Å²) in [5.41, 5.74) is 5.74. The van der Waals surface area contributed by atoms with Crippen molar-refractivity contribution in [3.8, 4) is 0 Å². The van der Waals surface area contributed by atoms with Crippen molar-refractivity contribution in [3.63, 3.8) is 0 Å². The van der Waals surface area contributed by atoms with Crippen LogP contribution in [-0.2, 0) is 0 Å². The van der Waals surface area contributed by atoms with Crippen molar-refractivity contribution in [2.45, 2.75) is 0 Å². The van der Waals surface area contributed by atoms with Gasteiger partial charge in [-0.25, -0.2) is 0 Å². The smallest absolute Gasteiger partial charge is 0.0473 e. The van der Waals surface area contributed by atoms with Crippen LogP contribution in [0.4, 0.5) is 28.4 Å². The van der Waals surface area contributed by atoms with E-state index in [1.54, 1.807) is 0 Å². The monoisotopic (exact) mass is 474 g/mol. The molecular formula is C35H26N2. The van der Waals surface area contributed by atoms with Crippen molar-refractivity contribution in [2.24, 2.45) is 0 Å². The third-order valence-electron chi connectivity index (χ3n) is 7.36. The highest BCUT2D eigenvalue weighted by Gasteiger charge is 2.16. The maximum atomic E-state index is 2.35. The van der Waals surface area contributed by atoms with E-state index < -0.39 is 0 Å². The van der Waals surface area contributed by atoms with Crippen molar-refractivity contribution < 1.29 is 0 Å². The zero-order valence-corrected chi connectivity index (χ0v) is 20.7. The summed E-state index contributed by atoms with van der Waals surface area (Å²) in [5.74, 6) is 0. The Morgan fingerprint density at radius 2 is 0.784 bits per heavy atom. The van der Waals surface area contributed by atoms with Gasteiger partial charge < -0.3 is 9.80 Å². The van der Waals surface area contributed by atoms with E-state index in [1.807, 2.05) is 6.07 Å². The van der Waals surface area contributed by atoms with Gasteiger partial charge in [-0.05, 0) is 93.0 Å². The lowest BCUT2D eigenvalue weighted by Crippen LogP contribution is -2.12. The first-order valence-corrected chi connectivity index (χ1v) is 12.7. The van der Waals surface area contributed by atoms with Crippen molar-refractivity contribution in [2.75, 3.05) is 16.8 Å². The van der Waals surface area contributed by atoms with Crippen LogP contribution in [0.3, 0.4) is 0 Å². The molecule has 7 aromatic rings. The predicted octanol–water partition coefficient (Wildman–Crippen LogP) is 9.82. The standard InChI is InChI=1S/C35H26N2/c1-36(29-11-4-2-5-12-29)30-19-21-32(22-20-30)37(31-13-6-3-7-14-31)33-23-27-17-15-25-9-8-10-26-16-18-28(24-33)35(27)34(25)26/h2-24H,1H3. The maximum absolute atomic E-state index is 2.35. The molecule has 0 heterocycles. The quantitative estimate of drug-likeness (QED) is 0.229. The summed E-state index contributed by atoms with van der Waals surface area (Å²) in [6, 6.07) is 50.1. The number of hydrogen-bond donors (Lipinski definition) is 0. The van der Waals surface area contributed by atoms with Gasteiger partial charge in [0.25, 0.3) is 0 Å². The van der Waals surface area contributed by atoms with Crippen molar-refractivity contribution in [1.82, 2.24) is 0 Å². The lowest BCUT2D eigenvalue weighted by Gasteiger charge is -2.27. The van der Waals surface area contributed by atoms with E-state index in [0.29, 0.717) is 0 Å². The Hall–Kier alpha value is -4.82. The topological polar surface area (TPSA) is 6.48 Å². The van der Waals surface area contributed by atoms with Gasteiger partial charge in [-0.3, -0.25) is 0 Å². The molecule has 2 nitrogen and oxygen atoms in total. The Bertz CT molecular complexity index is 1760. The molecule has 7 rings (SSSR count). The summed E-state index contributed by atoms with van der Waals surface area (Å²) in [6.07, 6.45) is 0. The van der Waals surface area contributed by atoms with Gasteiger partial charge in [0.2, 0.25) is 0 Å². The molecule has 0 N–H and O–H groups in total. The molecule has 0 fully saturated rings. The molecule has 7 aromatic carbocycles. The van der Waals surface area contributed by atoms with Gasteiger partial charge >= 0.3 is 0 Å². The summed E-state index contributed by atoms with van der Waals surface area (Å²) < 4.78 is 0. The Morgan fingerprint density at radius 1 is 0.351 bits per heavy atom. The van der Waals surface area contributed by atoms with Gasteiger partial charge in [-0.1, -0.05) is 78.9 Å². The zero-order valence-electron chi connectivity index (χ0n) is 20.7. The first-order valence-electron chi connectivity index (χ1n) is 12.7. The number of nitrogens with zero attached hydrogens (tertiary/aromatic N) is 2. The van der Waals surface area contributed by atoms with Crippen LogP contribution in [0.1, 0.15) is 0 Å². The van der Waals surface area contributed by atoms with Gasteiger partial charge in [0.15, 0.2) is 0 Å². The average molecular weight is 475 g/mol. The first kappa shape index (κ1) is 21.5. The molecule has 0 radical (unpaired) electrons. The number of hydrogen-bond acceptors (Lipinski definition) is 2. The fourth-order valence-corrected chi connectivity index (χ4v) is 5.52. The highest BCUT2D eigenvalue weighted by Crippen LogP contribution is 2.41. The first-order chi connectivity index (χ1) is 18.3. The molecule has 0 spiro atoms. The molecule has 176 valence electrons. The fraction of sp³-hybridized carbons (Fsp3) is 0.0286. The van der Waals surface area contributed by atoms with Gasteiger partial charge in [0.05, 0.1) is 0 Å². The molecule has 37 heavy (non-hydrogen) atoms. The van der Waals surface area contributed by atoms with Crippen LogP contribution in [0.15, 0.2) is 140 Å². The molecule has 0 atom stereocenters. The molecule has 0 aliphatic carbocycles. The van der Waals surface area contributed by atoms with E-state index in [9.17, 15) is 0 Å². The summed E-state index contributed by atoms with van der Waals surface area (Å²) >= 11 is 0. The third kappa shape index (κ3) is 3.66. The second-order valence-electron chi connectivity index (χ2n) is 9.56. The maximum Gasteiger partial charge on any atom is 0.0473 e. The van der Waals surface area contributed by atoms with Crippen LogP contribution >= 0.6 is 0 Å². The van der Waals surface area contributed by atoms with E-state index in [2.05, 4.69) is 150 Å². The van der Waals surface area contributed by atoms with Crippen LogP contribution in [0, 0.1) is 0 Å². The molecule has 0 bridgehead atoms. The highest BCUT2D eigenvalue weighted by atomic mass is 15.1. The van der Waals surface area contributed by atoms with E-state index in [-0.39, 0.29) is 0 Å². The molecule has 0 aliphatic rings. The lowest BCUT2D eigenvalue weighted by atomic mass is 9.93. The highest BCUT2D eigenvalue weighted by molar-refractivity contribution is 6.23. The predicted molar refractivity (Wildman–Crippen MR) is 159 cm³/mol. The van der Waals surface area contributed by atoms with E-state index >= 15 is 0 Å². The van der Waals surface area contributed by atoms with E-state index in [4.69, 9.17) is 0 Å². The van der Waals surface area contributed by atoms with Crippen LogP contribution < -0.4 is 9.80 Å². The SMILES string of the molecule is CN(c1ccccc1)c1ccc(N(c2ccccc2)c2cc3ccc4cccc5ccc(c2)c3c45)cc1. The van der Waals surface area contributed by atoms with Crippen LogP contribution in [0.5, 0.6) is 0 Å². The Labute approximate surface area is 217 Å². The fourth-order valence-electron chi connectivity index (χ4n) is 5.52. The molecular weight excluding hydrogens is 448 g/mol. The minimum absolute atomic E-state index is 1.13. The normalized spacial score (nSPS) is 11.4. The number of rotatable bonds is 5. The Balaban J connectivity index is 1.37. The van der Waals surface area contributed by atoms with Crippen molar-refractivity contribution >= 4 is 60.8 Å². The minimum atomic E-state index is 1.13. The van der Waals surface area contributed by atoms with Crippen LogP contribution in [0.2, 0.25) is 0 Å². The lowest BCUT2D eigenvalue weighted by molar-refractivity contribution is 1.20. The number of benzene rings is 7. The number of anilines is 5. The van der Waals surface area contributed by atoms with E-state index in [1.165, 1.54) is 38.0 Å². The number of para-hydroxylation sites is 2. The summed E-state index contributed by atoms with van der Waals surface area (Å²) in [7, 11) is 2.11. The summed E-state index contributed by atoms with van der Waals surface area (Å²) in [5, 5.41) is 7.80. The van der Waals surface area contributed by atoms with Crippen molar-refractivity contribution in [1.29, 1.82) is 0 Å². The van der Waals surface area contributed by atoms with Gasteiger partial charge in [-0.2, -0.15) is 0 Å². The average Bonchev–Trinajstić information content (AvgIpc) is 2.97. The van der Waals surface area contributed by atoms with Gasteiger partial charge in [-0.15, -0.1) is 0 Å². The van der Waals surface area contributed by atoms with Crippen molar-refractivity contribution in [3.05, 3.63) is 140 Å². The largest absolute Gasteiger partial charge is 0.345 e. The zero-order chi connectivity index (χ0) is 24.8.